The first-order chi connectivity index (χ1) is 9.09. The number of rotatable bonds is 5. The van der Waals surface area contributed by atoms with Gasteiger partial charge in [0.05, 0.1) is 13.2 Å². The lowest BCUT2D eigenvalue weighted by Crippen LogP contribution is -2.59. The van der Waals surface area contributed by atoms with E-state index in [1.807, 2.05) is 6.92 Å². The normalized spacial score (nSPS) is 25.5. The van der Waals surface area contributed by atoms with E-state index in [4.69, 9.17) is 9.47 Å². The number of benzene rings is 1. The van der Waals surface area contributed by atoms with Gasteiger partial charge in [0, 0.05) is 25.1 Å². The standard InChI is InChI=1S/C14H18FNO3/c1-3-19-12-8-14(9-12,13(17)18-2)16-11-6-4-5-10(15)7-11/h4-7,12,16H,3,8-9H2,1-2H3. The van der Waals surface area contributed by atoms with Crippen LogP contribution in [0.3, 0.4) is 0 Å². The Bertz CT molecular complexity index is 458. The van der Waals surface area contributed by atoms with Crippen LogP contribution in [0.4, 0.5) is 10.1 Å². The molecular weight excluding hydrogens is 249 g/mol. The van der Waals surface area contributed by atoms with E-state index in [1.54, 1.807) is 12.1 Å². The molecular formula is C14H18FNO3. The van der Waals surface area contributed by atoms with Crippen LogP contribution in [0.2, 0.25) is 0 Å². The SMILES string of the molecule is CCOC1CC(Nc2cccc(F)c2)(C(=O)OC)C1. The fraction of sp³-hybridized carbons (Fsp3) is 0.500. The molecule has 1 aliphatic carbocycles. The molecule has 1 aromatic carbocycles. The van der Waals surface area contributed by atoms with Gasteiger partial charge in [-0.3, -0.25) is 0 Å². The minimum Gasteiger partial charge on any atom is -0.467 e. The highest BCUT2D eigenvalue weighted by atomic mass is 19.1. The summed E-state index contributed by atoms with van der Waals surface area (Å²) in [4.78, 5) is 11.9. The molecule has 0 radical (unpaired) electrons. The van der Waals surface area contributed by atoms with Crippen molar-refractivity contribution in [2.45, 2.75) is 31.4 Å². The number of halogens is 1. The van der Waals surface area contributed by atoms with E-state index >= 15 is 0 Å². The number of carbonyl (C=O) groups is 1. The number of hydrogen-bond donors (Lipinski definition) is 1. The summed E-state index contributed by atoms with van der Waals surface area (Å²) in [6, 6.07) is 6.04. The average molecular weight is 267 g/mol. The Morgan fingerprint density at radius 1 is 1.53 bits per heavy atom. The second-order valence-corrected chi connectivity index (χ2v) is 4.69. The monoisotopic (exact) mass is 267 g/mol. The lowest BCUT2D eigenvalue weighted by molar-refractivity contribution is -0.155. The summed E-state index contributed by atoms with van der Waals surface area (Å²) >= 11 is 0. The van der Waals surface area contributed by atoms with Crippen molar-refractivity contribution in [2.75, 3.05) is 19.0 Å². The smallest absolute Gasteiger partial charge is 0.331 e. The fourth-order valence-electron chi connectivity index (χ4n) is 2.43. The topological polar surface area (TPSA) is 47.6 Å². The van der Waals surface area contributed by atoms with Crippen molar-refractivity contribution in [2.24, 2.45) is 0 Å². The number of ether oxygens (including phenoxy) is 2. The summed E-state index contributed by atoms with van der Waals surface area (Å²) in [7, 11) is 1.35. The first-order valence-corrected chi connectivity index (χ1v) is 6.33. The number of carbonyl (C=O) groups excluding carboxylic acids is 1. The molecule has 2 rings (SSSR count). The van der Waals surface area contributed by atoms with Gasteiger partial charge in [-0.15, -0.1) is 0 Å². The highest BCUT2D eigenvalue weighted by Crippen LogP contribution is 2.38. The van der Waals surface area contributed by atoms with Gasteiger partial charge < -0.3 is 14.8 Å². The van der Waals surface area contributed by atoms with Gasteiger partial charge in [-0.05, 0) is 25.1 Å². The second-order valence-electron chi connectivity index (χ2n) is 4.69. The molecule has 104 valence electrons. The van der Waals surface area contributed by atoms with Gasteiger partial charge in [0.2, 0.25) is 0 Å². The quantitative estimate of drug-likeness (QED) is 0.832. The van der Waals surface area contributed by atoms with Gasteiger partial charge >= 0.3 is 5.97 Å². The lowest BCUT2D eigenvalue weighted by Gasteiger charge is -2.45. The van der Waals surface area contributed by atoms with E-state index in [0.29, 0.717) is 25.1 Å². The maximum Gasteiger partial charge on any atom is 0.331 e. The zero-order valence-corrected chi connectivity index (χ0v) is 11.1. The Kier molecular flexibility index (Phi) is 4.04. The third-order valence-corrected chi connectivity index (χ3v) is 3.34. The average Bonchev–Trinajstić information content (AvgIpc) is 2.35. The van der Waals surface area contributed by atoms with Crippen molar-refractivity contribution in [1.82, 2.24) is 0 Å². The van der Waals surface area contributed by atoms with E-state index in [0.717, 1.165) is 0 Å². The van der Waals surface area contributed by atoms with Gasteiger partial charge in [0.15, 0.2) is 0 Å². The molecule has 0 aromatic heterocycles. The fourth-order valence-corrected chi connectivity index (χ4v) is 2.43. The first kappa shape index (κ1) is 13.8. The highest BCUT2D eigenvalue weighted by Gasteiger charge is 2.52. The number of methoxy groups -OCH3 is 1. The maximum atomic E-state index is 13.2. The number of nitrogens with one attached hydrogen (secondary N) is 1. The van der Waals surface area contributed by atoms with E-state index in [2.05, 4.69) is 5.32 Å². The predicted octanol–water partition coefficient (Wildman–Crippen LogP) is 2.35. The Balaban J connectivity index is 2.10. The Morgan fingerprint density at radius 2 is 2.26 bits per heavy atom. The molecule has 4 nitrogen and oxygen atoms in total. The van der Waals surface area contributed by atoms with E-state index in [-0.39, 0.29) is 17.9 Å². The predicted molar refractivity (Wildman–Crippen MR) is 69.4 cm³/mol. The minimum atomic E-state index is -0.803. The summed E-state index contributed by atoms with van der Waals surface area (Å²) in [6.07, 6.45) is 1.11. The summed E-state index contributed by atoms with van der Waals surface area (Å²) in [6.45, 7) is 2.53. The molecule has 0 aliphatic heterocycles. The maximum absolute atomic E-state index is 13.2. The summed E-state index contributed by atoms with van der Waals surface area (Å²) in [5.41, 5.74) is -0.233. The molecule has 1 saturated carbocycles. The van der Waals surface area contributed by atoms with Crippen molar-refractivity contribution < 1.29 is 18.7 Å². The largest absolute Gasteiger partial charge is 0.467 e. The molecule has 19 heavy (non-hydrogen) atoms. The van der Waals surface area contributed by atoms with Crippen LogP contribution in [0.15, 0.2) is 24.3 Å². The van der Waals surface area contributed by atoms with Crippen molar-refractivity contribution in [3.63, 3.8) is 0 Å². The molecule has 1 fully saturated rings. The molecule has 0 bridgehead atoms. The molecule has 0 heterocycles. The van der Waals surface area contributed by atoms with Crippen LogP contribution in [0.25, 0.3) is 0 Å². The summed E-state index contributed by atoms with van der Waals surface area (Å²) in [5.74, 6) is -0.682. The van der Waals surface area contributed by atoms with Crippen LogP contribution in [0.5, 0.6) is 0 Å². The molecule has 1 aliphatic rings. The highest BCUT2D eigenvalue weighted by molar-refractivity contribution is 5.86. The molecule has 5 heteroatoms. The summed E-state index contributed by atoms with van der Waals surface area (Å²) < 4.78 is 23.5. The molecule has 0 amide bonds. The van der Waals surface area contributed by atoms with E-state index < -0.39 is 5.54 Å². The molecule has 0 atom stereocenters. The van der Waals surface area contributed by atoms with Crippen molar-refractivity contribution in [3.05, 3.63) is 30.1 Å². The minimum absolute atomic E-state index is 0.0464. The van der Waals surface area contributed by atoms with Crippen LogP contribution in [0.1, 0.15) is 19.8 Å². The zero-order chi connectivity index (χ0) is 13.9. The number of hydrogen-bond acceptors (Lipinski definition) is 4. The molecule has 0 saturated heterocycles. The molecule has 1 N–H and O–H groups in total. The third-order valence-electron chi connectivity index (χ3n) is 3.34. The molecule has 0 unspecified atom stereocenters. The lowest BCUT2D eigenvalue weighted by atomic mass is 9.74. The van der Waals surface area contributed by atoms with Gasteiger partial charge in [0.1, 0.15) is 11.4 Å². The van der Waals surface area contributed by atoms with Gasteiger partial charge in [-0.2, -0.15) is 0 Å². The van der Waals surface area contributed by atoms with Crippen LogP contribution in [-0.4, -0.2) is 31.3 Å². The molecule has 0 spiro atoms. The van der Waals surface area contributed by atoms with Gasteiger partial charge in [-0.1, -0.05) is 6.07 Å². The Hall–Kier alpha value is -1.62. The van der Waals surface area contributed by atoms with E-state index in [9.17, 15) is 9.18 Å². The van der Waals surface area contributed by atoms with Crippen LogP contribution in [0, 0.1) is 5.82 Å². The summed E-state index contributed by atoms with van der Waals surface area (Å²) in [5, 5.41) is 3.08. The molecule has 1 aromatic rings. The van der Waals surface area contributed by atoms with Crippen LogP contribution in [-0.2, 0) is 14.3 Å². The van der Waals surface area contributed by atoms with Gasteiger partial charge in [-0.25, -0.2) is 9.18 Å². The second kappa shape index (κ2) is 5.57. The van der Waals surface area contributed by atoms with Crippen molar-refractivity contribution in [3.8, 4) is 0 Å². The first-order valence-electron chi connectivity index (χ1n) is 6.33. The Morgan fingerprint density at radius 3 is 2.84 bits per heavy atom. The van der Waals surface area contributed by atoms with Crippen molar-refractivity contribution >= 4 is 11.7 Å². The van der Waals surface area contributed by atoms with Crippen LogP contribution >= 0.6 is 0 Å². The van der Waals surface area contributed by atoms with E-state index in [1.165, 1.54) is 19.2 Å². The number of anilines is 1. The third kappa shape index (κ3) is 2.87. The van der Waals surface area contributed by atoms with Crippen molar-refractivity contribution in [1.29, 1.82) is 0 Å². The Labute approximate surface area is 111 Å². The number of esters is 1. The zero-order valence-electron chi connectivity index (χ0n) is 11.1. The van der Waals surface area contributed by atoms with Crippen LogP contribution < -0.4 is 5.32 Å². The van der Waals surface area contributed by atoms with Gasteiger partial charge in [0.25, 0.3) is 0 Å².